The SMILES string of the molecule is COC(=O)c1c(O)cc(OC2CCC2)cc1/C=C/c1ccc(F)cc1. The Labute approximate surface area is 145 Å². The van der Waals surface area contributed by atoms with Crippen LogP contribution in [0.25, 0.3) is 12.2 Å². The summed E-state index contributed by atoms with van der Waals surface area (Å²) in [5.74, 6) is -0.636. The largest absolute Gasteiger partial charge is 0.507 e. The van der Waals surface area contributed by atoms with Crippen LogP contribution in [-0.2, 0) is 4.74 Å². The van der Waals surface area contributed by atoms with E-state index < -0.39 is 5.97 Å². The van der Waals surface area contributed by atoms with Gasteiger partial charge in [-0.2, -0.15) is 0 Å². The second kappa shape index (κ2) is 7.38. The maximum Gasteiger partial charge on any atom is 0.342 e. The number of ether oxygens (including phenoxy) is 2. The summed E-state index contributed by atoms with van der Waals surface area (Å²) in [6, 6.07) is 9.09. The fraction of sp³-hybridized carbons (Fsp3) is 0.250. The van der Waals surface area contributed by atoms with Gasteiger partial charge in [0.15, 0.2) is 0 Å². The van der Waals surface area contributed by atoms with Gasteiger partial charge in [-0.25, -0.2) is 9.18 Å². The second-order valence-electron chi connectivity index (χ2n) is 5.95. The Morgan fingerprint density at radius 1 is 1.20 bits per heavy atom. The quantitative estimate of drug-likeness (QED) is 0.645. The number of hydrogen-bond acceptors (Lipinski definition) is 4. The van der Waals surface area contributed by atoms with Crippen molar-refractivity contribution in [3.8, 4) is 11.5 Å². The average Bonchev–Trinajstić information content (AvgIpc) is 2.57. The first-order chi connectivity index (χ1) is 12.1. The number of aromatic hydroxyl groups is 1. The molecule has 3 rings (SSSR count). The molecule has 0 aromatic heterocycles. The van der Waals surface area contributed by atoms with E-state index in [9.17, 15) is 14.3 Å². The van der Waals surface area contributed by atoms with Crippen LogP contribution in [0.1, 0.15) is 40.7 Å². The third kappa shape index (κ3) is 3.99. The molecule has 5 heteroatoms. The van der Waals surface area contributed by atoms with Gasteiger partial charge in [-0.3, -0.25) is 0 Å². The van der Waals surface area contributed by atoms with Crippen LogP contribution in [0.5, 0.6) is 11.5 Å². The molecule has 0 unspecified atom stereocenters. The molecule has 0 heterocycles. The lowest BCUT2D eigenvalue weighted by Crippen LogP contribution is -2.24. The lowest BCUT2D eigenvalue weighted by Gasteiger charge is -2.26. The van der Waals surface area contributed by atoms with Crippen LogP contribution in [0.3, 0.4) is 0 Å². The number of hydrogen-bond donors (Lipinski definition) is 1. The molecule has 130 valence electrons. The molecule has 4 nitrogen and oxygen atoms in total. The van der Waals surface area contributed by atoms with Gasteiger partial charge in [-0.05, 0) is 48.6 Å². The maximum absolute atomic E-state index is 13.0. The van der Waals surface area contributed by atoms with Crippen LogP contribution in [0.4, 0.5) is 4.39 Å². The van der Waals surface area contributed by atoms with Crippen LogP contribution in [-0.4, -0.2) is 24.3 Å². The molecule has 1 aliphatic rings. The van der Waals surface area contributed by atoms with E-state index in [0.29, 0.717) is 11.3 Å². The van der Waals surface area contributed by atoms with Crippen molar-refractivity contribution in [2.75, 3.05) is 7.11 Å². The highest BCUT2D eigenvalue weighted by Gasteiger charge is 2.22. The third-order valence-electron chi connectivity index (χ3n) is 4.19. The van der Waals surface area contributed by atoms with Crippen molar-refractivity contribution in [1.29, 1.82) is 0 Å². The van der Waals surface area contributed by atoms with Crippen molar-refractivity contribution in [2.24, 2.45) is 0 Å². The van der Waals surface area contributed by atoms with E-state index in [0.717, 1.165) is 24.8 Å². The molecule has 2 aromatic carbocycles. The molecule has 1 fully saturated rings. The van der Waals surface area contributed by atoms with E-state index >= 15 is 0 Å². The molecular weight excluding hydrogens is 323 g/mol. The highest BCUT2D eigenvalue weighted by atomic mass is 19.1. The molecule has 0 radical (unpaired) electrons. The highest BCUT2D eigenvalue weighted by Crippen LogP contribution is 2.33. The molecule has 0 amide bonds. The van der Waals surface area contributed by atoms with E-state index in [1.165, 1.54) is 25.3 Å². The molecule has 0 saturated heterocycles. The Morgan fingerprint density at radius 2 is 1.92 bits per heavy atom. The highest BCUT2D eigenvalue weighted by molar-refractivity contribution is 5.98. The summed E-state index contributed by atoms with van der Waals surface area (Å²) in [6.07, 6.45) is 6.66. The van der Waals surface area contributed by atoms with E-state index in [4.69, 9.17) is 9.47 Å². The lowest BCUT2D eigenvalue weighted by atomic mass is 9.96. The van der Waals surface area contributed by atoms with Crippen molar-refractivity contribution in [3.05, 3.63) is 58.9 Å². The summed E-state index contributed by atoms with van der Waals surface area (Å²) < 4.78 is 23.6. The first-order valence-corrected chi connectivity index (χ1v) is 8.12. The molecular formula is C20H19FO4. The van der Waals surface area contributed by atoms with Crippen LogP contribution >= 0.6 is 0 Å². The van der Waals surface area contributed by atoms with Crippen LogP contribution in [0, 0.1) is 5.82 Å². The van der Waals surface area contributed by atoms with Crippen LogP contribution in [0.15, 0.2) is 36.4 Å². The summed E-state index contributed by atoms with van der Waals surface area (Å²) in [6.45, 7) is 0. The summed E-state index contributed by atoms with van der Waals surface area (Å²) in [5, 5.41) is 10.2. The molecule has 1 aliphatic carbocycles. The minimum Gasteiger partial charge on any atom is -0.507 e. The standard InChI is InChI=1S/C20H19FO4/c1-24-20(23)19-14(8-5-13-6-9-15(21)10-7-13)11-17(12-18(19)22)25-16-3-2-4-16/h5-12,16,22H,2-4H2,1H3/b8-5+. The van der Waals surface area contributed by atoms with Crippen molar-refractivity contribution in [3.63, 3.8) is 0 Å². The number of phenols is 1. The molecule has 2 aromatic rings. The van der Waals surface area contributed by atoms with Crippen molar-refractivity contribution in [1.82, 2.24) is 0 Å². The van der Waals surface area contributed by atoms with Gasteiger partial charge < -0.3 is 14.6 Å². The number of rotatable bonds is 5. The van der Waals surface area contributed by atoms with Crippen LogP contribution < -0.4 is 4.74 Å². The smallest absolute Gasteiger partial charge is 0.342 e. The maximum atomic E-state index is 13.0. The molecule has 0 atom stereocenters. The minimum absolute atomic E-state index is 0.0711. The number of phenolic OH excluding ortho intramolecular Hbond substituents is 1. The van der Waals surface area contributed by atoms with Crippen molar-refractivity contribution in [2.45, 2.75) is 25.4 Å². The van der Waals surface area contributed by atoms with E-state index in [-0.39, 0.29) is 23.2 Å². The summed E-state index contributed by atoms with van der Waals surface area (Å²) >= 11 is 0. The normalized spacial score (nSPS) is 14.3. The number of halogens is 1. The van der Waals surface area contributed by atoms with Gasteiger partial charge in [0.25, 0.3) is 0 Å². The zero-order valence-corrected chi connectivity index (χ0v) is 13.9. The number of carbonyl (C=O) groups excluding carboxylic acids is 1. The first-order valence-electron chi connectivity index (χ1n) is 8.12. The molecule has 25 heavy (non-hydrogen) atoms. The van der Waals surface area contributed by atoms with Crippen LogP contribution in [0.2, 0.25) is 0 Å². The summed E-state index contributed by atoms with van der Waals surface area (Å²) in [4.78, 5) is 12.0. The van der Waals surface area contributed by atoms with E-state index in [1.54, 1.807) is 30.4 Å². The van der Waals surface area contributed by atoms with E-state index in [2.05, 4.69) is 0 Å². The third-order valence-corrected chi connectivity index (χ3v) is 4.19. The Bertz CT molecular complexity index is 792. The lowest BCUT2D eigenvalue weighted by molar-refractivity contribution is 0.0597. The predicted octanol–water partition coefficient (Wildman–Crippen LogP) is 4.42. The number of benzene rings is 2. The summed E-state index contributed by atoms with van der Waals surface area (Å²) in [7, 11) is 1.26. The Balaban J connectivity index is 1.94. The zero-order chi connectivity index (χ0) is 17.8. The van der Waals surface area contributed by atoms with Gasteiger partial charge in [0, 0.05) is 6.07 Å². The van der Waals surface area contributed by atoms with Gasteiger partial charge in [0.1, 0.15) is 22.9 Å². The number of methoxy groups -OCH3 is 1. The van der Waals surface area contributed by atoms with Gasteiger partial charge >= 0.3 is 5.97 Å². The first kappa shape index (κ1) is 17.0. The fourth-order valence-corrected chi connectivity index (χ4v) is 2.59. The van der Waals surface area contributed by atoms with Crippen molar-refractivity contribution < 1.29 is 23.8 Å². The number of carbonyl (C=O) groups is 1. The monoisotopic (exact) mass is 342 g/mol. The summed E-state index contributed by atoms with van der Waals surface area (Å²) in [5.41, 5.74) is 1.31. The molecule has 0 spiro atoms. The Morgan fingerprint density at radius 3 is 2.52 bits per heavy atom. The van der Waals surface area contributed by atoms with E-state index in [1.807, 2.05) is 0 Å². The molecule has 0 bridgehead atoms. The average molecular weight is 342 g/mol. The van der Waals surface area contributed by atoms with Gasteiger partial charge in [-0.15, -0.1) is 0 Å². The Hall–Kier alpha value is -2.82. The zero-order valence-electron chi connectivity index (χ0n) is 13.9. The molecule has 1 saturated carbocycles. The van der Waals surface area contributed by atoms with Gasteiger partial charge in [0.2, 0.25) is 0 Å². The van der Waals surface area contributed by atoms with Gasteiger partial charge in [0.05, 0.1) is 13.2 Å². The predicted molar refractivity (Wildman–Crippen MR) is 93.0 cm³/mol. The molecule has 0 aliphatic heterocycles. The number of esters is 1. The second-order valence-corrected chi connectivity index (χ2v) is 5.95. The Kier molecular flexibility index (Phi) is 5.03. The topological polar surface area (TPSA) is 55.8 Å². The van der Waals surface area contributed by atoms with Gasteiger partial charge in [-0.1, -0.05) is 24.3 Å². The fourth-order valence-electron chi connectivity index (χ4n) is 2.59. The minimum atomic E-state index is -0.633. The van der Waals surface area contributed by atoms with Crippen molar-refractivity contribution >= 4 is 18.1 Å². The molecule has 1 N–H and O–H groups in total.